The molecular formula is C20H24N6OS. The van der Waals surface area contributed by atoms with E-state index >= 15 is 0 Å². The van der Waals surface area contributed by atoms with Crippen LogP contribution in [0.4, 0.5) is 0 Å². The smallest absolute Gasteiger partial charge is 0.273 e. The van der Waals surface area contributed by atoms with E-state index in [4.69, 9.17) is 0 Å². The minimum Gasteiger partial charge on any atom is -0.332 e. The molecule has 1 aliphatic heterocycles. The average molecular weight is 397 g/mol. The summed E-state index contributed by atoms with van der Waals surface area (Å²) in [5.74, 6) is 0.526. The summed E-state index contributed by atoms with van der Waals surface area (Å²) < 4.78 is 1.72. The average Bonchev–Trinajstić information content (AvgIpc) is 3.39. The number of aromatic nitrogens is 4. The van der Waals surface area contributed by atoms with Crippen LogP contribution in [0.5, 0.6) is 0 Å². The number of thiazole rings is 1. The van der Waals surface area contributed by atoms with Gasteiger partial charge in [-0.2, -0.15) is 0 Å². The number of para-hydroxylation sites is 1. The van der Waals surface area contributed by atoms with Gasteiger partial charge in [-0.15, -0.1) is 16.4 Å². The Bertz CT molecular complexity index is 929. The Morgan fingerprint density at radius 1 is 1.25 bits per heavy atom. The molecule has 0 unspecified atom stereocenters. The maximum Gasteiger partial charge on any atom is 0.273 e. The van der Waals surface area contributed by atoms with Gasteiger partial charge in [0.15, 0.2) is 5.01 Å². The first-order chi connectivity index (χ1) is 13.6. The van der Waals surface area contributed by atoms with Gasteiger partial charge in [0.1, 0.15) is 12.0 Å². The number of hydrogen-bond acceptors (Lipinski definition) is 6. The second-order valence-electron chi connectivity index (χ2n) is 7.17. The fourth-order valence-corrected chi connectivity index (χ4v) is 4.31. The Balaban J connectivity index is 1.55. The normalized spacial score (nSPS) is 15.1. The molecule has 8 heteroatoms. The van der Waals surface area contributed by atoms with Crippen LogP contribution < -0.4 is 5.32 Å². The van der Waals surface area contributed by atoms with Crippen molar-refractivity contribution in [3.8, 4) is 16.5 Å². The third-order valence-corrected chi connectivity index (χ3v) is 5.76. The van der Waals surface area contributed by atoms with Gasteiger partial charge in [-0.3, -0.25) is 4.79 Å². The molecule has 146 valence electrons. The summed E-state index contributed by atoms with van der Waals surface area (Å²) in [7, 11) is 0. The molecule has 0 spiro atoms. The van der Waals surface area contributed by atoms with E-state index in [1.165, 1.54) is 11.3 Å². The fourth-order valence-electron chi connectivity index (χ4n) is 3.58. The Hall–Kier alpha value is -2.58. The highest BCUT2D eigenvalue weighted by Gasteiger charge is 2.30. The van der Waals surface area contributed by atoms with Crippen molar-refractivity contribution in [1.29, 1.82) is 0 Å². The van der Waals surface area contributed by atoms with Crippen LogP contribution in [-0.4, -0.2) is 55.7 Å². The summed E-state index contributed by atoms with van der Waals surface area (Å²) in [6.45, 7) is 6.03. The molecular weight excluding hydrogens is 372 g/mol. The zero-order valence-corrected chi connectivity index (χ0v) is 16.9. The van der Waals surface area contributed by atoms with Crippen molar-refractivity contribution in [1.82, 2.24) is 30.0 Å². The largest absolute Gasteiger partial charge is 0.332 e. The van der Waals surface area contributed by atoms with Gasteiger partial charge in [-0.1, -0.05) is 18.2 Å². The van der Waals surface area contributed by atoms with Gasteiger partial charge in [0.25, 0.3) is 5.91 Å². The monoisotopic (exact) mass is 396 g/mol. The third-order valence-electron chi connectivity index (χ3n) is 4.92. The van der Waals surface area contributed by atoms with Crippen LogP contribution in [0.25, 0.3) is 16.5 Å². The molecule has 1 N–H and O–H groups in total. The van der Waals surface area contributed by atoms with Crippen molar-refractivity contribution in [3.63, 3.8) is 0 Å². The lowest BCUT2D eigenvalue weighted by atomic mass is 10.0. The number of hydrogen-bond donors (Lipinski definition) is 1. The van der Waals surface area contributed by atoms with Crippen molar-refractivity contribution in [2.24, 2.45) is 0 Å². The predicted molar refractivity (Wildman–Crippen MR) is 110 cm³/mol. The van der Waals surface area contributed by atoms with Crippen LogP contribution >= 0.6 is 11.3 Å². The maximum absolute atomic E-state index is 13.2. The maximum atomic E-state index is 13.2. The molecule has 0 bridgehead atoms. The van der Waals surface area contributed by atoms with Crippen LogP contribution in [0.3, 0.4) is 0 Å². The Labute approximate surface area is 168 Å². The van der Waals surface area contributed by atoms with E-state index in [1.54, 1.807) is 11.0 Å². The molecule has 0 atom stereocenters. The molecule has 1 amide bonds. The van der Waals surface area contributed by atoms with Crippen molar-refractivity contribution in [2.75, 3.05) is 13.1 Å². The van der Waals surface area contributed by atoms with E-state index in [1.807, 2.05) is 40.6 Å². The predicted octanol–water partition coefficient (Wildman–Crippen LogP) is 2.99. The quantitative estimate of drug-likeness (QED) is 0.717. The molecule has 1 aliphatic rings. The zero-order valence-electron chi connectivity index (χ0n) is 16.1. The molecule has 1 fully saturated rings. The van der Waals surface area contributed by atoms with E-state index in [0.717, 1.165) is 31.6 Å². The van der Waals surface area contributed by atoms with E-state index in [-0.39, 0.29) is 18.0 Å². The second-order valence-corrected chi connectivity index (χ2v) is 8.03. The van der Waals surface area contributed by atoms with Crippen molar-refractivity contribution in [3.05, 3.63) is 47.7 Å². The number of rotatable bonds is 5. The molecule has 2 aromatic heterocycles. The Morgan fingerprint density at radius 3 is 2.71 bits per heavy atom. The summed E-state index contributed by atoms with van der Waals surface area (Å²) in [6.07, 6.45) is 3.62. The standard InChI is InChI=1S/C20H24N6OS/c1-14(2)26(16-8-10-21-11-9-16)20(27)17-12-28-19(23-17)18-22-13-25(24-18)15-6-4-3-5-7-15/h3-7,12-14,16,21H,8-11H2,1-2H3. The Morgan fingerprint density at radius 2 is 2.00 bits per heavy atom. The molecule has 1 aromatic carbocycles. The summed E-state index contributed by atoms with van der Waals surface area (Å²) in [4.78, 5) is 24.1. The fraction of sp³-hybridized carbons (Fsp3) is 0.400. The first-order valence-corrected chi connectivity index (χ1v) is 10.5. The summed E-state index contributed by atoms with van der Waals surface area (Å²) in [6, 6.07) is 10.2. The van der Waals surface area contributed by atoms with Crippen molar-refractivity contribution < 1.29 is 4.79 Å². The lowest BCUT2D eigenvalue weighted by Gasteiger charge is -2.37. The van der Waals surface area contributed by atoms with Gasteiger partial charge >= 0.3 is 0 Å². The molecule has 4 rings (SSSR count). The summed E-state index contributed by atoms with van der Waals surface area (Å²) in [5, 5.41) is 10.3. The topological polar surface area (TPSA) is 75.9 Å². The second kappa shape index (κ2) is 8.20. The zero-order chi connectivity index (χ0) is 19.5. The van der Waals surface area contributed by atoms with Crippen LogP contribution in [0, 0.1) is 0 Å². The molecule has 0 saturated carbocycles. The number of carbonyl (C=O) groups is 1. The molecule has 3 aromatic rings. The minimum atomic E-state index is -0.00751. The van der Waals surface area contributed by atoms with Gasteiger partial charge in [0, 0.05) is 17.5 Å². The van der Waals surface area contributed by atoms with Gasteiger partial charge in [0.05, 0.1) is 5.69 Å². The van der Waals surface area contributed by atoms with Crippen LogP contribution in [0.1, 0.15) is 37.2 Å². The van der Waals surface area contributed by atoms with Crippen LogP contribution in [0.15, 0.2) is 42.0 Å². The van der Waals surface area contributed by atoms with Gasteiger partial charge in [-0.05, 0) is 51.9 Å². The van der Waals surface area contributed by atoms with Crippen LogP contribution in [0.2, 0.25) is 0 Å². The highest BCUT2D eigenvalue weighted by atomic mass is 32.1. The first kappa shape index (κ1) is 18.8. The molecule has 0 radical (unpaired) electrons. The number of piperidine rings is 1. The van der Waals surface area contributed by atoms with E-state index < -0.39 is 0 Å². The molecule has 3 heterocycles. The lowest BCUT2D eigenvalue weighted by Crippen LogP contribution is -2.49. The molecule has 1 saturated heterocycles. The first-order valence-electron chi connectivity index (χ1n) is 9.60. The number of benzene rings is 1. The highest BCUT2D eigenvalue weighted by Crippen LogP contribution is 2.24. The Kier molecular flexibility index (Phi) is 5.50. The van der Waals surface area contributed by atoms with Gasteiger partial charge in [-0.25, -0.2) is 14.6 Å². The van der Waals surface area contributed by atoms with Crippen LogP contribution in [-0.2, 0) is 0 Å². The van der Waals surface area contributed by atoms with E-state index in [2.05, 4.69) is 34.2 Å². The van der Waals surface area contributed by atoms with Crippen molar-refractivity contribution >= 4 is 17.2 Å². The number of nitrogens with one attached hydrogen (secondary N) is 1. The molecule has 7 nitrogen and oxygen atoms in total. The summed E-state index contributed by atoms with van der Waals surface area (Å²) >= 11 is 1.41. The van der Waals surface area contributed by atoms with E-state index in [0.29, 0.717) is 16.5 Å². The van der Waals surface area contributed by atoms with Gasteiger partial charge < -0.3 is 10.2 Å². The third kappa shape index (κ3) is 3.83. The SMILES string of the molecule is CC(C)N(C(=O)c1csc(-c2ncn(-c3ccccc3)n2)n1)C1CCNCC1. The van der Waals surface area contributed by atoms with Crippen molar-refractivity contribution in [2.45, 2.75) is 38.8 Å². The number of nitrogens with zero attached hydrogens (tertiary/aromatic N) is 5. The lowest BCUT2D eigenvalue weighted by molar-refractivity contribution is 0.0560. The minimum absolute atomic E-state index is 0.00751. The number of carbonyl (C=O) groups excluding carboxylic acids is 1. The molecule has 28 heavy (non-hydrogen) atoms. The van der Waals surface area contributed by atoms with Gasteiger partial charge in [0.2, 0.25) is 5.82 Å². The highest BCUT2D eigenvalue weighted by molar-refractivity contribution is 7.13. The number of amides is 1. The van der Waals surface area contributed by atoms with E-state index in [9.17, 15) is 4.79 Å². The summed E-state index contributed by atoms with van der Waals surface area (Å²) in [5.41, 5.74) is 1.41. The molecule has 0 aliphatic carbocycles.